The minimum Gasteiger partial charge on any atom is -0.335 e. The Morgan fingerprint density at radius 1 is 1.56 bits per heavy atom. The van der Waals surface area contributed by atoms with Gasteiger partial charge >= 0.3 is 0 Å². The summed E-state index contributed by atoms with van der Waals surface area (Å²) < 4.78 is 0.924. The van der Waals surface area contributed by atoms with Crippen LogP contribution in [0.3, 0.4) is 0 Å². The zero-order valence-corrected chi connectivity index (χ0v) is 11.0. The summed E-state index contributed by atoms with van der Waals surface area (Å²) in [5.41, 5.74) is 0.713. The Morgan fingerprint density at radius 3 is 2.88 bits per heavy atom. The number of carbonyl (C=O) groups excluding carboxylic acids is 1. The Kier molecular flexibility index (Phi) is 5.26. The molecule has 1 rings (SSSR count). The van der Waals surface area contributed by atoms with Crippen LogP contribution >= 0.6 is 15.9 Å². The molecule has 1 amide bonds. The second-order valence-corrected chi connectivity index (χ2v) is 4.47. The van der Waals surface area contributed by atoms with Crippen LogP contribution in [-0.4, -0.2) is 23.9 Å². The third-order valence-corrected chi connectivity index (χ3v) is 2.70. The molecular formula is C13H16BrNO. The van der Waals surface area contributed by atoms with E-state index in [1.54, 1.807) is 11.0 Å². The molecule has 0 heterocycles. The van der Waals surface area contributed by atoms with Crippen molar-refractivity contribution in [2.45, 2.75) is 13.3 Å². The Morgan fingerprint density at radius 2 is 2.31 bits per heavy atom. The summed E-state index contributed by atoms with van der Waals surface area (Å²) in [7, 11) is 0. The number of amides is 1. The van der Waals surface area contributed by atoms with E-state index in [-0.39, 0.29) is 5.91 Å². The smallest absolute Gasteiger partial charge is 0.254 e. The molecule has 0 unspecified atom stereocenters. The minimum absolute atomic E-state index is 0.0584. The lowest BCUT2D eigenvalue weighted by Crippen LogP contribution is -2.31. The summed E-state index contributed by atoms with van der Waals surface area (Å²) >= 11 is 3.37. The van der Waals surface area contributed by atoms with E-state index in [0.29, 0.717) is 12.1 Å². The molecule has 2 nitrogen and oxygen atoms in total. The van der Waals surface area contributed by atoms with Crippen LogP contribution in [0.4, 0.5) is 0 Å². The highest BCUT2D eigenvalue weighted by atomic mass is 79.9. The van der Waals surface area contributed by atoms with Gasteiger partial charge in [-0.25, -0.2) is 0 Å². The Hall–Kier alpha value is -1.09. The van der Waals surface area contributed by atoms with Crippen LogP contribution in [0.25, 0.3) is 0 Å². The van der Waals surface area contributed by atoms with E-state index in [2.05, 4.69) is 29.4 Å². The molecule has 0 N–H and O–H groups in total. The molecule has 0 aromatic heterocycles. The molecule has 16 heavy (non-hydrogen) atoms. The highest BCUT2D eigenvalue weighted by Crippen LogP contribution is 2.13. The zero-order chi connectivity index (χ0) is 12.0. The van der Waals surface area contributed by atoms with E-state index in [4.69, 9.17) is 0 Å². The van der Waals surface area contributed by atoms with Crippen molar-refractivity contribution < 1.29 is 4.79 Å². The van der Waals surface area contributed by atoms with Crippen LogP contribution in [0, 0.1) is 0 Å². The summed E-state index contributed by atoms with van der Waals surface area (Å²) in [6, 6.07) is 7.46. The first-order valence-corrected chi connectivity index (χ1v) is 6.14. The standard InChI is InChI=1S/C13H16BrNO/c1-3-8-15(9-4-2)13(16)11-6-5-7-12(14)10-11/h3,5-7,10H,1,4,8-9H2,2H3. The molecule has 0 bridgehead atoms. The summed E-state index contributed by atoms with van der Waals surface area (Å²) in [5, 5.41) is 0. The third kappa shape index (κ3) is 3.49. The van der Waals surface area contributed by atoms with Crippen molar-refractivity contribution in [2.75, 3.05) is 13.1 Å². The number of carbonyl (C=O) groups is 1. The predicted molar refractivity (Wildman–Crippen MR) is 70.5 cm³/mol. The van der Waals surface area contributed by atoms with Crippen molar-refractivity contribution in [3.63, 3.8) is 0 Å². The molecule has 0 saturated carbocycles. The predicted octanol–water partition coefficient (Wildman–Crippen LogP) is 3.49. The zero-order valence-electron chi connectivity index (χ0n) is 9.45. The number of hydrogen-bond acceptors (Lipinski definition) is 1. The Bertz CT molecular complexity index is 376. The highest BCUT2D eigenvalue weighted by molar-refractivity contribution is 9.10. The monoisotopic (exact) mass is 281 g/mol. The van der Waals surface area contributed by atoms with Crippen molar-refractivity contribution in [3.8, 4) is 0 Å². The second-order valence-electron chi connectivity index (χ2n) is 3.55. The number of hydrogen-bond donors (Lipinski definition) is 0. The summed E-state index contributed by atoms with van der Waals surface area (Å²) in [5.74, 6) is 0.0584. The first-order valence-electron chi connectivity index (χ1n) is 5.34. The van der Waals surface area contributed by atoms with Gasteiger partial charge in [-0.2, -0.15) is 0 Å². The lowest BCUT2D eigenvalue weighted by molar-refractivity contribution is 0.0774. The van der Waals surface area contributed by atoms with E-state index in [1.165, 1.54) is 0 Å². The summed E-state index contributed by atoms with van der Waals surface area (Å²) in [4.78, 5) is 13.9. The molecule has 0 atom stereocenters. The van der Waals surface area contributed by atoms with Crippen LogP contribution < -0.4 is 0 Å². The van der Waals surface area contributed by atoms with E-state index in [9.17, 15) is 4.79 Å². The average molecular weight is 282 g/mol. The maximum Gasteiger partial charge on any atom is 0.254 e. The van der Waals surface area contributed by atoms with Gasteiger partial charge in [-0.3, -0.25) is 4.79 Å². The van der Waals surface area contributed by atoms with Gasteiger partial charge in [-0.05, 0) is 24.6 Å². The van der Waals surface area contributed by atoms with Crippen LogP contribution in [0.2, 0.25) is 0 Å². The number of nitrogens with zero attached hydrogens (tertiary/aromatic N) is 1. The molecule has 0 radical (unpaired) electrons. The van der Waals surface area contributed by atoms with E-state index in [1.807, 2.05) is 24.3 Å². The van der Waals surface area contributed by atoms with Gasteiger partial charge in [-0.1, -0.05) is 35.0 Å². The van der Waals surface area contributed by atoms with E-state index < -0.39 is 0 Å². The maximum absolute atomic E-state index is 12.1. The fourth-order valence-corrected chi connectivity index (χ4v) is 1.90. The molecule has 0 aliphatic carbocycles. The number of rotatable bonds is 5. The lowest BCUT2D eigenvalue weighted by Gasteiger charge is -2.20. The number of halogens is 1. The molecule has 0 spiro atoms. The molecule has 86 valence electrons. The largest absolute Gasteiger partial charge is 0.335 e. The first kappa shape index (κ1) is 13.0. The Balaban J connectivity index is 2.85. The maximum atomic E-state index is 12.1. The fraction of sp³-hybridized carbons (Fsp3) is 0.308. The van der Waals surface area contributed by atoms with Gasteiger partial charge in [0.05, 0.1) is 0 Å². The van der Waals surface area contributed by atoms with Gasteiger partial charge < -0.3 is 4.90 Å². The SMILES string of the molecule is C=CCN(CCC)C(=O)c1cccc(Br)c1. The topological polar surface area (TPSA) is 20.3 Å². The average Bonchev–Trinajstić information content (AvgIpc) is 2.28. The number of benzene rings is 1. The van der Waals surface area contributed by atoms with E-state index in [0.717, 1.165) is 17.4 Å². The minimum atomic E-state index is 0.0584. The van der Waals surface area contributed by atoms with Crippen LogP contribution in [0.5, 0.6) is 0 Å². The molecule has 0 fully saturated rings. The van der Waals surface area contributed by atoms with Crippen molar-refractivity contribution in [1.29, 1.82) is 0 Å². The molecule has 3 heteroatoms. The quantitative estimate of drug-likeness (QED) is 0.757. The van der Waals surface area contributed by atoms with Gasteiger partial charge in [0.15, 0.2) is 0 Å². The van der Waals surface area contributed by atoms with Gasteiger partial charge in [-0.15, -0.1) is 6.58 Å². The lowest BCUT2D eigenvalue weighted by atomic mass is 10.2. The highest BCUT2D eigenvalue weighted by Gasteiger charge is 2.13. The molecule has 0 aliphatic heterocycles. The normalized spacial score (nSPS) is 9.88. The molecule has 0 saturated heterocycles. The third-order valence-electron chi connectivity index (χ3n) is 2.20. The van der Waals surface area contributed by atoms with Crippen molar-refractivity contribution in [2.24, 2.45) is 0 Å². The van der Waals surface area contributed by atoms with Gasteiger partial charge in [0.1, 0.15) is 0 Å². The van der Waals surface area contributed by atoms with Gasteiger partial charge in [0.25, 0.3) is 5.91 Å². The fourth-order valence-electron chi connectivity index (χ4n) is 1.51. The molecular weight excluding hydrogens is 266 g/mol. The van der Waals surface area contributed by atoms with Crippen molar-refractivity contribution in [1.82, 2.24) is 4.90 Å². The Labute approximate surface area is 105 Å². The molecule has 0 aliphatic rings. The van der Waals surface area contributed by atoms with Crippen LogP contribution in [0.1, 0.15) is 23.7 Å². The molecule has 1 aromatic carbocycles. The summed E-state index contributed by atoms with van der Waals surface area (Å²) in [6.45, 7) is 7.09. The second kappa shape index (κ2) is 6.48. The van der Waals surface area contributed by atoms with Crippen LogP contribution in [-0.2, 0) is 0 Å². The first-order chi connectivity index (χ1) is 7.69. The summed E-state index contributed by atoms with van der Waals surface area (Å²) in [6.07, 6.45) is 2.71. The van der Waals surface area contributed by atoms with Gasteiger partial charge in [0.2, 0.25) is 0 Å². The van der Waals surface area contributed by atoms with Crippen molar-refractivity contribution >= 4 is 21.8 Å². The molecule has 1 aromatic rings. The van der Waals surface area contributed by atoms with E-state index >= 15 is 0 Å². The van der Waals surface area contributed by atoms with Crippen molar-refractivity contribution in [3.05, 3.63) is 47.0 Å². The van der Waals surface area contributed by atoms with Gasteiger partial charge in [0, 0.05) is 23.1 Å². The van der Waals surface area contributed by atoms with Crippen LogP contribution in [0.15, 0.2) is 41.4 Å².